The minimum absolute atomic E-state index is 1.04. The van der Waals surface area contributed by atoms with Crippen LogP contribution in [0.5, 0.6) is 0 Å². The average Bonchev–Trinajstić information content (AvgIpc) is 2.95. The summed E-state index contributed by atoms with van der Waals surface area (Å²) >= 11 is 4.27. The number of para-hydroxylation sites is 2. The van der Waals surface area contributed by atoms with Crippen LogP contribution in [-0.2, 0) is 6.54 Å². The number of nitrogens with zero attached hydrogens (tertiary/aromatic N) is 1. The number of aromatic nitrogens is 1. The van der Waals surface area contributed by atoms with Gasteiger partial charge in [-0.3, -0.25) is 0 Å². The van der Waals surface area contributed by atoms with Gasteiger partial charge in [0, 0.05) is 28.4 Å². The zero-order valence-electron chi connectivity index (χ0n) is 14.6. The molecule has 128 valence electrons. The third-order valence-corrected chi connectivity index (χ3v) is 5.29. The Bertz CT molecular complexity index is 706. The Labute approximate surface area is 151 Å². The van der Waals surface area contributed by atoms with Crippen LogP contribution in [0.1, 0.15) is 51.4 Å². The van der Waals surface area contributed by atoms with Crippen molar-refractivity contribution in [3.63, 3.8) is 0 Å². The fourth-order valence-corrected chi connectivity index (χ4v) is 3.91. The quantitative estimate of drug-likeness (QED) is 0.304. The number of fused-ring (bicyclic) bond motifs is 3. The van der Waals surface area contributed by atoms with Gasteiger partial charge in [-0.15, -0.1) is 0 Å². The van der Waals surface area contributed by atoms with Gasteiger partial charge in [-0.1, -0.05) is 74.9 Å². The second kappa shape index (κ2) is 9.17. The summed E-state index contributed by atoms with van der Waals surface area (Å²) in [7, 11) is 0. The fourth-order valence-electron chi connectivity index (χ4n) is 3.69. The molecule has 3 rings (SSSR count). The Hall–Kier alpha value is -1.41. The molecule has 0 N–H and O–H groups in total. The monoisotopic (exact) mass is 339 g/mol. The van der Waals surface area contributed by atoms with Crippen molar-refractivity contribution in [1.29, 1.82) is 0 Å². The van der Waals surface area contributed by atoms with Gasteiger partial charge in [0.1, 0.15) is 0 Å². The van der Waals surface area contributed by atoms with Crippen LogP contribution >= 0.6 is 12.6 Å². The second-order valence-electron chi connectivity index (χ2n) is 6.74. The van der Waals surface area contributed by atoms with Crippen LogP contribution in [0, 0.1) is 0 Å². The van der Waals surface area contributed by atoms with E-state index in [1.165, 1.54) is 73.2 Å². The number of benzene rings is 2. The van der Waals surface area contributed by atoms with E-state index in [1.54, 1.807) is 0 Å². The van der Waals surface area contributed by atoms with E-state index in [4.69, 9.17) is 0 Å². The Balaban J connectivity index is 1.54. The highest BCUT2D eigenvalue weighted by Crippen LogP contribution is 2.29. The van der Waals surface area contributed by atoms with Crippen LogP contribution in [0.4, 0.5) is 0 Å². The normalized spacial score (nSPS) is 11.5. The topological polar surface area (TPSA) is 4.93 Å². The first-order valence-electron chi connectivity index (χ1n) is 9.48. The highest BCUT2D eigenvalue weighted by molar-refractivity contribution is 7.80. The second-order valence-corrected chi connectivity index (χ2v) is 7.19. The molecule has 1 heterocycles. The first-order valence-corrected chi connectivity index (χ1v) is 10.1. The molecule has 0 saturated carbocycles. The molecule has 0 aliphatic carbocycles. The molecule has 0 spiro atoms. The number of hydrogen-bond donors (Lipinski definition) is 1. The minimum atomic E-state index is 1.04. The molecule has 0 atom stereocenters. The maximum atomic E-state index is 4.27. The SMILES string of the molecule is SCCCCCCCCCCn1c2ccccc2c2ccccc21. The largest absolute Gasteiger partial charge is 0.340 e. The summed E-state index contributed by atoms with van der Waals surface area (Å²) in [5.74, 6) is 1.04. The Kier molecular flexibility index (Phi) is 6.66. The van der Waals surface area contributed by atoms with Crippen LogP contribution in [0.25, 0.3) is 21.8 Å². The van der Waals surface area contributed by atoms with Crippen molar-refractivity contribution >= 4 is 34.4 Å². The Morgan fingerprint density at radius 1 is 0.583 bits per heavy atom. The van der Waals surface area contributed by atoms with Crippen molar-refractivity contribution in [3.05, 3.63) is 48.5 Å². The first kappa shape index (κ1) is 17.4. The van der Waals surface area contributed by atoms with Crippen LogP contribution < -0.4 is 0 Å². The van der Waals surface area contributed by atoms with E-state index in [-0.39, 0.29) is 0 Å². The highest BCUT2D eigenvalue weighted by atomic mass is 32.1. The van der Waals surface area contributed by atoms with Gasteiger partial charge in [-0.05, 0) is 30.7 Å². The van der Waals surface area contributed by atoms with Crippen LogP contribution in [0.3, 0.4) is 0 Å². The Morgan fingerprint density at radius 2 is 1.04 bits per heavy atom. The summed E-state index contributed by atoms with van der Waals surface area (Å²) in [5, 5.41) is 2.77. The van der Waals surface area contributed by atoms with Crippen molar-refractivity contribution in [2.45, 2.75) is 57.9 Å². The van der Waals surface area contributed by atoms with Crippen molar-refractivity contribution in [2.75, 3.05) is 5.75 Å². The molecular formula is C22H29NS. The molecule has 2 aromatic carbocycles. The number of thiol groups is 1. The average molecular weight is 340 g/mol. The summed E-state index contributed by atoms with van der Waals surface area (Å²) in [4.78, 5) is 0. The van der Waals surface area contributed by atoms with Gasteiger partial charge >= 0.3 is 0 Å². The van der Waals surface area contributed by atoms with Gasteiger partial charge in [0.2, 0.25) is 0 Å². The van der Waals surface area contributed by atoms with Crippen molar-refractivity contribution in [1.82, 2.24) is 4.57 Å². The molecule has 2 heteroatoms. The summed E-state index contributed by atoms with van der Waals surface area (Å²) in [6.07, 6.45) is 10.8. The molecule has 24 heavy (non-hydrogen) atoms. The number of rotatable bonds is 10. The molecule has 1 aromatic heterocycles. The zero-order chi connectivity index (χ0) is 16.6. The molecule has 0 radical (unpaired) electrons. The van der Waals surface area contributed by atoms with Crippen molar-refractivity contribution < 1.29 is 0 Å². The molecule has 0 amide bonds. The maximum Gasteiger partial charge on any atom is 0.0491 e. The molecule has 0 aliphatic rings. The lowest BCUT2D eigenvalue weighted by Crippen LogP contribution is -1.97. The predicted molar refractivity (Wildman–Crippen MR) is 110 cm³/mol. The molecular weight excluding hydrogens is 310 g/mol. The third-order valence-electron chi connectivity index (χ3n) is 4.97. The number of hydrogen-bond acceptors (Lipinski definition) is 1. The number of unbranched alkanes of at least 4 members (excludes halogenated alkanes) is 7. The van der Waals surface area contributed by atoms with Gasteiger partial charge in [0.15, 0.2) is 0 Å². The summed E-state index contributed by atoms with van der Waals surface area (Å²) in [5.41, 5.74) is 2.76. The van der Waals surface area contributed by atoms with Gasteiger partial charge in [0.05, 0.1) is 0 Å². The minimum Gasteiger partial charge on any atom is -0.340 e. The summed E-state index contributed by atoms with van der Waals surface area (Å²) < 4.78 is 2.51. The van der Waals surface area contributed by atoms with E-state index in [9.17, 15) is 0 Å². The molecule has 0 aliphatic heterocycles. The molecule has 0 bridgehead atoms. The molecule has 3 aromatic rings. The first-order chi connectivity index (χ1) is 11.9. The molecule has 1 nitrogen and oxygen atoms in total. The van der Waals surface area contributed by atoms with Gasteiger partial charge < -0.3 is 4.57 Å². The van der Waals surface area contributed by atoms with E-state index in [0.717, 1.165) is 12.3 Å². The van der Waals surface area contributed by atoms with E-state index in [1.807, 2.05) is 0 Å². The van der Waals surface area contributed by atoms with E-state index in [2.05, 4.69) is 65.7 Å². The van der Waals surface area contributed by atoms with Crippen LogP contribution in [0.15, 0.2) is 48.5 Å². The van der Waals surface area contributed by atoms with Crippen LogP contribution in [-0.4, -0.2) is 10.3 Å². The molecule has 0 unspecified atom stereocenters. The standard InChI is InChI=1S/C22H29NS/c24-18-12-6-4-2-1-3-5-11-17-23-21-15-9-7-13-19(21)20-14-8-10-16-22(20)23/h7-10,13-16,24H,1-6,11-12,17-18H2. The Morgan fingerprint density at radius 3 is 1.58 bits per heavy atom. The van der Waals surface area contributed by atoms with Gasteiger partial charge in [0.25, 0.3) is 0 Å². The number of aryl methyl sites for hydroxylation is 1. The highest BCUT2D eigenvalue weighted by Gasteiger charge is 2.08. The summed E-state index contributed by atoms with van der Waals surface area (Å²) in [6, 6.07) is 17.6. The molecule has 0 fully saturated rings. The van der Waals surface area contributed by atoms with Gasteiger partial charge in [-0.2, -0.15) is 12.6 Å². The molecule has 0 saturated heterocycles. The van der Waals surface area contributed by atoms with Crippen molar-refractivity contribution in [3.8, 4) is 0 Å². The predicted octanol–water partition coefficient (Wildman–Crippen LogP) is 6.85. The van der Waals surface area contributed by atoms with E-state index < -0.39 is 0 Å². The third kappa shape index (κ3) is 4.16. The van der Waals surface area contributed by atoms with E-state index in [0.29, 0.717) is 0 Å². The lowest BCUT2D eigenvalue weighted by Gasteiger charge is -2.07. The lowest BCUT2D eigenvalue weighted by atomic mass is 10.1. The smallest absolute Gasteiger partial charge is 0.0491 e. The zero-order valence-corrected chi connectivity index (χ0v) is 15.5. The fraction of sp³-hybridized carbons (Fsp3) is 0.455. The summed E-state index contributed by atoms with van der Waals surface area (Å²) in [6.45, 7) is 1.13. The lowest BCUT2D eigenvalue weighted by molar-refractivity contribution is 0.553. The van der Waals surface area contributed by atoms with E-state index >= 15 is 0 Å². The van der Waals surface area contributed by atoms with Crippen molar-refractivity contribution in [2.24, 2.45) is 0 Å². The van der Waals surface area contributed by atoms with Gasteiger partial charge in [-0.25, -0.2) is 0 Å². The maximum absolute atomic E-state index is 4.27. The van der Waals surface area contributed by atoms with Crippen LogP contribution in [0.2, 0.25) is 0 Å².